The van der Waals surface area contributed by atoms with E-state index in [1.54, 1.807) is 7.11 Å². The molecule has 112 valence electrons. The number of hydrogen-bond acceptors (Lipinski definition) is 2. The van der Waals surface area contributed by atoms with E-state index in [-0.39, 0.29) is 0 Å². The number of methoxy groups -OCH3 is 1. The first-order valence-corrected chi connectivity index (χ1v) is 7.37. The van der Waals surface area contributed by atoms with Crippen molar-refractivity contribution in [2.75, 3.05) is 7.11 Å². The third-order valence-corrected chi connectivity index (χ3v) is 3.85. The summed E-state index contributed by atoms with van der Waals surface area (Å²) in [5.74, 6) is 0.848. The van der Waals surface area contributed by atoms with Gasteiger partial charge in [0.1, 0.15) is 5.75 Å². The fraction of sp³-hybridized carbons (Fsp3) is 0.368. The van der Waals surface area contributed by atoms with Gasteiger partial charge in [0.15, 0.2) is 0 Å². The Balaban J connectivity index is 2.13. The zero-order chi connectivity index (χ0) is 15.4. The van der Waals surface area contributed by atoms with Crippen molar-refractivity contribution in [3.63, 3.8) is 0 Å². The normalized spacial score (nSPS) is 12.2. The molecule has 0 heterocycles. The van der Waals surface area contributed by atoms with Crippen molar-refractivity contribution < 1.29 is 9.84 Å². The van der Waals surface area contributed by atoms with Gasteiger partial charge in [-0.1, -0.05) is 41.5 Å². The Kier molecular flexibility index (Phi) is 5.03. The first-order chi connectivity index (χ1) is 9.99. The summed E-state index contributed by atoms with van der Waals surface area (Å²) in [7, 11) is 1.67. The summed E-state index contributed by atoms with van der Waals surface area (Å²) in [5, 5.41) is 10.4. The van der Waals surface area contributed by atoms with E-state index in [9.17, 15) is 5.11 Å². The van der Waals surface area contributed by atoms with E-state index < -0.39 is 6.10 Å². The van der Waals surface area contributed by atoms with Crippen LogP contribution in [0.15, 0.2) is 36.4 Å². The lowest BCUT2D eigenvalue weighted by atomic mass is 9.96. The molecule has 0 saturated carbocycles. The number of hydrogen-bond donors (Lipinski definition) is 1. The fourth-order valence-electron chi connectivity index (χ4n) is 2.67. The molecule has 0 amide bonds. The van der Waals surface area contributed by atoms with Crippen molar-refractivity contribution in [3.8, 4) is 5.75 Å². The van der Waals surface area contributed by atoms with E-state index >= 15 is 0 Å². The van der Waals surface area contributed by atoms with Gasteiger partial charge in [-0.25, -0.2) is 0 Å². The summed E-state index contributed by atoms with van der Waals surface area (Å²) in [5.41, 5.74) is 5.93. The average molecular weight is 284 g/mol. The van der Waals surface area contributed by atoms with Crippen LogP contribution in [-0.2, 0) is 12.8 Å². The fourth-order valence-corrected chi connectivity index (χ4v) is 2.67. The van der Waals surface area contributed by atoms with Gasteiger partial charge in [0, 0.05) is 6.42 Å². The van der Waals surface area contributed by atoms with E-state index in [4.69, 9.17) is 4.74 Å². The number of ether oxygens (including phenoxy) is 1. The molecule has 2 aromatic carbocycles. The second-order valence-corrected chi connectivity index (χ2v) is 5.81. The molecule has 0 fully saturated rings. The molecule has 2 aromatic rings. The highest BCUT2D eigenvalue weighted by molar-refractivity contribution is 5.38. The van der Waals surface area contributed by atoms with E-state index in [1.807, 2.05) is 12.1 Å². The summed E-state index contributed by atoms with van der Waals surface area (Å²) < 4.78 is 5.38. The Morgan fingerprint density at radius 2 is 1.48 bits per heavy atom. The molecule has 0 aliphatic carbocycles. The molecular weight excluding hydrogens is 260 g/mol. The van der Waals surface area contributed by atoms with Gasteiger partial charge in [-0.3, -0.25) is 0 Å². The Morgan fingerprint density at radius 3 is 2.14 bits per heavy atom. The first-order valence-electron chi connectivity index (χ1n) is 7.37. The number of aliphatic hydroxyl groups is 1. The number of rotatable bonds is 5. The van der Waals surface area contributed by atoms with E-state index in [0.29, 0.717) is 12.8 Å². The van der Waals surface area contributed by atoms with Crippen molar-refractivity contribution in [1.82, 2.24) is 0 Å². The highest BCUT2D eigenvalue weighted by atomic mass is 16.5. The standard InChI is InChI=1S/C19H24O2/c1-13-5-7-15(3)16(9-13)11-18(20)12-17-10-14(2)6-8-19(17)21-4/h5-10,18,20H,11-12H2,1-4H3. The van der Waals surface area contributed by atoms with Crippen LogP contribution in [0.5, 0.6) is 5.75 Å². The molecule has 0 aromatic heterocycles. The van der Waals surface area contributed by atoms with Gasteiger partial charge in [0.05, 0.1) is 13.2 Å². The molecule has 1 atom stereocenters. The molecule has 0 aliphatic rings. The summed E-state index contributed by atoms with van der Waals surface area (Å²) in [6.07, 6.45) is 0.879. The van der Waals surface area contributed by atoms with Crippen LogP contribution in [0, 0.1) is 20.8 Å². The monoisotopic (exact) mass is 284 g/mol. The van der Waals surface area contributed by atoms with Gasteiger partial charge in [-0.05, 0) is 49.9 Å². The molecule has 0 saturated heterocycles. The van der Waals surface area contributed by atoms with E-state index in [0.717, 1.165) is 11.3 Å². The minimum Gasteiger partial charge on any atom is -0.496 e. The Labute approximate surface area is 127 Å². The topological polar surface area (TPSA) is 29.5 Å². The van der Waals surface area contributed by atoms with Crippen molar-refractivity contribution in [2.24, 2.45) is 0 Å². The number of benzene rings is 2. The predicted octanol–water partition coefficient (Wildman–Crippen LogP) is 3.77. The van der Waals surface area contributed by atoms with E-state index in [1.165, 1.54) is 22.3 Å². The highest BCUT2D eigenvalue weighted by Crippen LogP contribution is 2.22. The van der Waals surface area contributed by atoms with Gasteiger partial charge in [0.2, 0.25) is 0 Å². The summed E-state index contributed by atoms with van der Waals surface area (Å²) >= 11 is 0. The maximum absolute atomic E-state index is 10.4. The van der Waals surface area contributed by atoms with Gasteiger partial charge < -0.3 is 9.84 Å². The molecule has 21 heavy (non-hydrogen) atoms. The molecule has 1 N–H and O–H groups in total. The molecule has 2 nitrogen and oxygen atoms in total. The smallest absolute Gasteiger partial charge is 0.122 e. The van der Waals surface area contributed by atoms with Crippen LogP contribution in [-0.4, -0.2) is 18.3 Å². The number of aliphatic hydroxyl groups excluding tert-OH is 1. The summed E-state index contributed by atoms with van der Waals surface area (Å²) in [4.78, 5) is 0. The molecule has 0 radical (unpaired) electrons. The predicted molar refractivity (Wildman–Crippen MR) is 87.1 cm³/mol. The Hall–Kier alpha value is -1.80. The second-order valence-electron chi connectivity index (χ2n) is 5.81. The lowest BCUT2D eigenvalue weighted by Gasteiger charge is -2.16. The van der Waals surface area contributed by atoms with Crippen molar-refractivity contribution in [2.45, 2.75) is 39.7 Å². The van der Waals surface area contributed by atoms with Gasteiger partial charge in [0.25, 0.3) is 0 Å². The zero-order valence-corrected chi connectivity index (χ0v) is 13.3. The first kappa shape index (κ1) is 15.6. The van der Waals surface area contributed by atoms with Crippen LogP contribution in [0.25, 0.3) is 0 Å². The van der Waals surface area contributed by atoms with Crippen molar-refractivity contribution >= 4 is 0 Å². The van der Waals surface area contributed by atoms with Gasteiger partial charge in [-0.15, -0.1) is 0 Å². The van der Waals surface area contributed by atoms with Crippen LogP contribution in [0.1, 0.15) is 27.8 Å². The Bertz CT molecular complexity index is 617. The van der Waals surface area contributed by atoms with Gasteiger partial charge >= 0.3 is 0 Å². The molecular formula is C19H24O2. The van der Waals surface area contributed by atoms with E-state index in [2.05, 4.69) is 45.0 Å². The zero-order valence-electron chi connectivity index (χ0n) is 13.3. The Morgan fingerprint density at radius 1 is 0.905 bits per heavy atom. The van der Waals surface area contributed by atoms with Crippen LogP contribution in [0.3, 0.4) is 0 Å². The largest absolute Gasteiger partial charge is 0.496 e. The van der Waals surface area contributed by atoms with Crippen LogP contribution >= 0.6 is 0 Å². The molecule has 0 aliphatic heterocycles. The lowest BCUT2D eigenvalue weighted by Crippen LogP contribution is -2.15. The minimum atomic E-state index is -0.402. The summed E-state index contributed by atoms with van der Waals surface area (Å²) in [6, 6.07) is 12.5. The molecule has 2 heteroatoms. The van der Waals surface area contributed by atoms with Crippen LogP contribution < -0.4 is 4.74 Å². The van der Waals surface area contributed by atoms with Crippen molar-refractivity contribution in [3.05, 3.63) is 64.2 Å². The minimum absolute atomic E-state index is 0.402. The van der Waals surface area contributed by atoms with Crippen molar-refractivity contribution in [1.29, 1.82) is 0 Å². The molecule has 1 unspecified atom stereocenters. The molecule has 0 spiro atoms. The average Bonchev–Trinajstić information content (AvgIpc) is 2.43. The van der Waals surface area contributed by atoms with Crippen LogP contribution in [0.2, 0.25) is 0 Å². The quantitative estimate of drug-likeness (QED) is 0.905. The maximum atomic E-state index is 10.4. The highest BCUT2D eigenvalue weighted by Gasteiger charge is 2.12. The third-order valence-electron chi connectivity index (χ3n) is 3.85. The van der Waals surface area contributed by atoms with Gasteiger partial charge in [-0.2, -0.15) is 0 Å². The number of aryl methyl sites for hydroxylation is 3. The van der Waals surface area contributed by atoms with Crippen LogP contribution in [0.4, 0.5) is 0 Å². The summed E-state index contributed by atoms with van der Waals surface area (Å²) in [6.45, 7) is 6.23. The molecule has 2 rings (SSSR count). The SMILES string of the molecule is COc1ccc(C)cc1CC(O)Cc1cc(C)ccc1C. The lowest BCUT2D eigenvalue weighted by molar-refractivity contribution is 0.174. The maximum Gasteiger partial charge on any atom is 0.122 e. The second kappa shape index (κ2) is 6.77. The molecule has 0 bridgehead atoms. The third kappa shape index (κ3) is 4.08.